The molecule has 1 aromatic carbocycles. The molecule has 1 fully saturated rings. The minimum atomic E-state index is -0.337. The molecule has 0 unspecified atom stereocenters. The number of rotatable bonds is 2. The molecule has 0 bridgehead atoms. The van der Waals surface area contributed by atoms with E-state index < -0.39 is 0 Å². The third-order valence-electron chi connectivity index (χ3n) is 4.05. The maximum Gasteiger partial charge on any atom is 0.593 e. The second-order valence-corrected chi connectivity index (χ2v) is 5.96. The van der Waals surface area contributed by atoms with Gasteiger partial charge in [0.2, 0.25) is 0 Å². The molecule has 1 aromatic rings. The lowest BCUT2D eigenvalue weighted by molar-refractivity contribution is 0.00578. The van der Waals surface area contributed by atoms with Gasteiger partial charge in [-0.1, -0.05) is 18.2 Å². The van der Waals surface area contributed by atoms with E-state index in [-0.39, 0.29) is 18.5 Å². The zero-order valence-corrected chi connectivity index (χ0v) is 12.2. The lowest BCUT2D eigenvalue weighted by Crippen LogP contribution is -2.41. The van der Waals surface area contributed by atoms with Crippen molar-refractivity contribution in [2.24, 2.45) is 0 Å². The molecule has 1 saturated heterocycles. The van der Waals surface area contributed by atoms with Crippen LogP contribution in [0.3, 0.4) is 0 Å². The highest BCUT2D eigenvalue weighted by Crippen LogP contribution is 2.38. The average molecular weight is 247 g/mol. The molecule has 1 aliphatic rings. The minimum Gasteiger partial charge on any atom is -0.384 e. The fraction of sp³-hybridized carbons (Fsp3) is 0.571. The Morgan fingerprint density at radius 2 is 1.50 bits per heavy atom. The van der Waals surface area contributed by atoms with Gasteiger partial charge in [0.05, 0.1) is 11.2 Å². The van der Waals surface area contributed by atoms with Crippen molar-refractivity contribution in [1.82, 2.24) is 0 Å². The van der Waals surface area contributed by atoms with Gasteiger partial charge in [-0.3, -0.25) is 0 Å². The predicted octanol–water partition coefficient (Wildman–Crippen LogP) is 3.02. The van der Waals surface area contributed by atoms with Crippen molar-refractivity contribution < 1.29 is 9.31 Å². The number of anilines is 1. The molecular formula is C14H22BNO2. The molecule has 0 atom stereocenters. The van der Waals surface area contributed by atoms with Crippen LogP contribution in [0.25, 0.3) is 0 Å². The lowest BCUT2D eigenvalue weighted by atomic mass is 9.90. The van der Waals surface area contributed by atoms with E-state index in [1.807, 2.05) is 24.0 Å². The maximum absolute atomic E-state index is 6.04. The van der Waals surface area contributed by atoms with E-state index in [0.717, 1.165) is 5.69 Å². The molecule has 3 nitrogen and oxygen atoms in total. The van der Waals surface area contributed by atoms with E-state index in [9.17, 15) is 0 Å². The summed E-state index contributed by atoms with van der Waals surface area (Å²) in [4.78, 5) is 2.05. The Bertz CT molecular complexity index is 429. The van der Waals surface area contributed by atoms with Crippen LogP contribution in [-0.4, -0.2) is 25.5 Å². The quantitative estimate of drug-likeness (QED) is 0.750. The summed E-state index contributed by atoms with van der Waals surface area (Å²) in [5.74, 6) is 0. The molecule has 4 heteroatoms. The summed E-state index contributed by atoms with van der Waals surface area (Å²) in [6, 6.07) is 8.25. The van der Waals surface area contributed by atoms with Crippen LogP contribution in [-0.2, 0) is 9.31 Å². The molecule has 1 aliphatic heterocycles. The van der Waals surface area contributed by atoms with Gasteiger partial charge in [-0.2, -0.15) is 0 Å². The minimum absolute atomic E-state index is 0.297. The average Bonchev–Trinajstić information content (AvgIpc) is 2.48. The lowest BCUT2D eigenvalue weighted by Gasteiger charge is -2.32. The first-order valence-electron chi connectivity index (χ1n) is 6.39. The van der Waals surface area contributed by atoms with Crippen LogP contribution in [0, 0.1) is 6.92 Å². The normalized spacial score (nSPS) is 21.1. The summed E-state index contributed by atoms with van der Waals surface area (Å²) in [5.41, 5.74) is 1.76. The predicted molar refractivity (Wildman–Crippen MR) is 75.7 cm³/mol. The second-order valence-electron chi connectivity index (χ2n) is 5.96. The van der Waals surface area contributed by atoms with Gasteiger partial charge in [0, 0.05) is 5.69 Å². The van der Waals surface area contributed by atoms with Crippen molar-refractivity contribution in [3.8, 4) is 0 Å². The van der Waals surface area contributed by atoms with Crippen molar-refractivity contribution in [3.63, 3.8) is 0 Å². The van der Waals surface area contributed by atoms with Crippen LogP contribution in [0.5, 0.6) is 0 Å². The SMILES string of the molecule is Cc1ccccc1N(C)B1OC(C)(C)C(C)(C)O1. The molecule has 0 amide bonds. The van der Waals surface area contributed by atoms with E-state index >= 15 is 0 Å². The van der Waals surface area contributed by atoms with E-state index in [1.54, 1.807) is 0 Å². The van der Waals surface area contributed by atoms with Crippen LogP contribution in [0.1, 0.15) is 33.3 Å². The van der Waals surface area contributed by atoms with Gasteiger partial charge in [0.15, 0.2) is 0 Å². The maximum atomic E-state index is 6.04. The molecule has 0 aliphatic carbocycles. The molecule has 0 spiro atoms. The first kappa shape index (κ1) is 13.4. The molecule has 0 radical (unpaired) electrons. The van der Waals surface area contributed by atoms with Crippen LogP contribution >= 0.6 is 0 Å². The van der Waals surface area contributed by atoms with Crippen LogP contribution in [0.4, 0.5) is 5.69 Å². The monoisotopic (exact) mass is 247 g/mol. The molecule has 0 saturated carbocycles. The Morgan fingerprint density at radius 3 is 2.00 bits per heavy atom. The van der Waals surface area contributed by atoms with Crippen LogP contribution < -0.4 is 4.81 Å². The van der Waals surface area contributed by atoms with Crippen molar-refractivity contribution in [3.05, 3.63) is 29.8 Å². The highest BCUT2D eigenvalue weighted by molar-refractivity contribution is 6.50. The summed E-state index contributed by atoms with van der Waals surface area (Å²) >= 11 is 0. The molecule has 1 heterocycles. The Labute approximate surface area is 110 Å². The van der Waals surface area contributed by atoms with Gasteiger partial charge in [-0.05, 0) is 53.3 Å². The van der Waals surface area contributed by atoms with Crippen molar-refractivity contribution >= 4 is 12.9 Å². The van der Waals surface area contributed by atoms with Gasteiger partial charge in [-0.15, -0.1) is 0 Å². The summed E-state index contributed by atoms with van der Waals surface area (Å²) in [6.07, 6.45) is 0. The topological polar surface area (TPSA) is 21.7 Å². The number of benzene rings is 1. The summed E-state index contributed by atoms with van der Waals surface area (Å²) in [5, 5.41) is 0. The van der Waals surface area contributed by atoms with E-state index in [0.29, 0.717) is 0 Å². The van der Waals surface area contributed by atoms with Crippen LogP contribution in [0.2, 0.25) is 0 Å². The molecule has 2 rings (SSSR count). The molecule has 0 N–H and O–H groups in total. The Balaban J connectivity index is 2.23. The standard InChI is InChI=1S/C14H22BNO2/c1-11-9-7-8-10-12(11)16(6)15-17-13(2,3)14(4,5)18-15/h7-10H,1-6H3. The first-order valence-corrected chi connectivity index (χ1v) is 6.39. The Morgan fingerprint density at radius 1 is 1.00 bits per heavy atom. The smallest absolute Gasteiger partial charge is 0.384 e. The number of hydrogen-bond donors (Lipinski definition) is 0. The largest absolute Gasteiger partial charge is 0.593 e. The van der Waals surface area contributed by atoms with E-state index in [2.05, 4.69) is 46.8 Å². The van der Waals surface area contributed by atoms with Crippen LogP contribution in [0.15, 0.2) is 24.3 Å². The molecule has 98 valence electrons. The highest BCUT2D eigenvalue weighted by atomic mass is 16.7. The molecular weight excluding hydrogens is 225 g/mol. The zero-order chi connectivity index (χ0) is 13.6. The van der Waals surface area contributed by atoms with Gasteiger partial charge < -0.3 is 14.1 Å². The van der Waals surface area contributed by atoms with E-state index in [1.165, 1.54) is 5.56 Å². The fourth-order valence-corrected chi connectivity index (χ4v) is 2.04. The summed E-state index contributed by atoms with van der Waals surface area (Å²) in [6.45, 7) is 10.4. The Kier molecular flexibility index (Phi) is 3.20. The molecule has 18 heavy (non-hydrogen) atoms. The summed E-state index contributed by atoms with van der Waals surface area (Å²) < 4.78 is 12.1. The van der Waals surface area contributed by atoms with Crippen molar-refractivity contribution in [2.75, 3.05) is 11.9 Å². The zero-order valence-electron chi connectivity index (χ0n) is 12.2. The highest BCUT2D eigenvalue weighted by Gasteiger charge is 2.53. The summed E-state index contributed by atoms with van der Waals surface area (Å²) in [7, 11) is 1.67. The van der Waals surface area contributed by atoms with Crippen molar-refractivity contribution in [1.29, 1.82) is 0 Å². The third kappa shape index (κ3) is 2.15. The number of para-hydroxylation sites is 1. The van der Waals surface area contributed by atoms with Crippen molar-refractivity contribution in [2.45, 2.75) is 45.8 Å². The molecule has 0 aromatic heterocycles. The van der Waals surface area contributed by atoms with Gasteiger partial charge in [0.1, 0.15) is 0 Å². The number of hydrogen-bond acceptors (Lipinski definition) is 3. The first-order chi connectivity index (χ1) is 8.24. The van der Waals surface area contributed by atoms with E-state index in [4.69, 9.17) is 9.31 Å². The number of nitrogens with zero attached hydrogens (tertiary/aromatic N) is 1. The Hall–Kier alpha value is -0.995. The van der Waals surface area contributed by atoms with Gasteiger partial charge >= 0.3 is 7.25 Å². The fourth-order valence-electron chi connectivity index (χ4n) is 2.04. The van der Waals surface area contributed by atoms with Gasteiger partial charge in [0.25, 0.3) is 0 Å². The number of aryl methyl sites for hydroxylation is 1. The second kappa shape index (κ2) is 4.28. The van der Waals surface area contributed by atoms with Gasteiger partial charge in [-0.25, -0.2) is 0 Å². The third-order valence-corrected chi connectivity index (χ3v) is 4.05.